The number of urea groups is 1. The molecule has 0 unspecified atom stereocenters. The van der Waals surface area contributed by atoms with Crippen LogP contribution in [0.1, 0.15) is 36.6 Å². The normalized spacial score (nSPS) is 15.1. The largest absolute Gasteiger partial charge is 0.493 e. The Morgan fingerprint density at radius 1 is 1.11 bits per heavy atom. The lowest BCUT2D eigenvalue weighted by Crippen LogP contribution is -2.45. The van der Waals surface area contributed by atoms with Gasteiger partial charge in [-0.05, 0) is 72.3 Å². The Hall–Kier alpha value is -4.57. The minimum Gasteiger partial charge on any atom is -0.493 e. The molecule has 14 heteroatoms. The molecule has 244 valence electrons. The van der Waals surface area contributed by atoms with Crippen molar-refractivity contribution in [1.29, 1.82) is 0 Å². The minimum atomic E-state index is -1.22. The highest BCUT2D eigenvalue weighted by atomic mass is 127. The molecular weight excluding hydrogens is 714 g/mol. The van der Waals surface area contributed by atoms with Crippen molar-refractivity contribution in [3.63, 3.8) is 0 Å². The van der Waals surface area contributed by atoms with Gasteiger partial charge in [-0.15, -0.1) is 0 Å². The van der Waals surface area contributed by atoms with Crippen LogP contribution in [0.5, 0.6) is 23.0 Å². The molecule has 0 bridgehead atoms. The Morgan fingerprint density at radius 3 is 2.61 bits per heavy atom. The maximum Gasteiger partial charge on any atom is 0.337 e. The average molecular weight is 749 g/mol. The topological polar surface area (TPSA) is 149 Å². The first-order valence-corrected chi connectivity index (χ1v) is 15.2. The number of carbonyl (C=O) groups is 2. The van der Waals surface area contributed by atoms with Crippen LogP contribution >= 0.6 is 22.6 Å². The average Bonchev–Trinajstić information content (AvgIpc) is 3.03. The predicted molar refractivity (Wildman–Crippen MR) is 175 cm³/mol. The fourth-order valence-electron chi connectivity index (χ4n) is 4.57. The molecule has 2 amide bonds. The summed E-state index contributed by atoms with van der Waals surface area (Å²) in [5.74, 6) is 0.485. The SMILES string of the molecule is CCOc1cc([C@H]2NC(=O)NC(C)=C2C(=O)OC)ccc1OC[C@@H](O)N/N=C/c1cc(I)cc(OC)c1OCc1ccccc1F. The van der Waals surface area contributed by atoms with E-state index in [0.29, 0.717) is 52.0 Å². The molecular formula is C32H34FIN4O8. The van der Waals surface area contributed by atoms with Crippen molar-refractivity contribution >= 4 is 40.8 Å². The van der Waals surface area contributed by atoms with Gasteiger partial charge >= 0.3 is 12.0 Å². The minimum absolute atomic E-state index is 0.0286. The van der Waals surface area contributed by atoms with Crippen LogP contribution in [-0.2, 0) is 16.1 Å². The molecule has 0 aliphatic carbocycles. The molecule has 46 heavy (non-hydrogen) atoms. The summed E-state index contributed by atoms with van der Waals surface area (Å²) in [6, 6.07) is 13.6. The number of esters is 1. The monoisotopic (exact) mass is 748 g/mol. The first-order chi connectivity index (χ1) is 22.1. The third-order valence-corrected chi connectivity index (χ3v) is 7.32. The summed E-state index contributed by atoms with van der Waals surface area (Å²) < 4.78 is 42.9. The van der Waals surface area contributed by atoms with Gasteiger partial charge in [0.15, 0.2) is 29.2 Å². The lowest BCUT2D eigenvalue weighted by Gasteiger charge is -2.28. The van der Waals surface area contributed by atoms with Crippen molar-refractivity contribution in [2.75, 3.05) is 27.4 Å². The number of nitrogens with zero attached hydrogens (tertiary/aromatic N) is 1. The number of ether oxygens (including phenoxy) is 5. The van der Waals surface area contributed by atoms with Crippen LogP contribution in [0, 0.1) is 9.39 Å². The number of hydrogen-bond donors (Lipinski definition) is 4. The van der Waals surface area contributed by atoms with Crippen molar-refractivity contribution in [2.45, 2.75) is 32.7 Å². The van der Waals surface area contributed by atoms with Gasteiger partial charge in [-0.3, -0.25) is 5.43 Å². The predicted octanol–water partition coefficient (Wildman–Crippen LogP) is 4.54. The van der Waals surface area contributed by atoms with Crippen molar-refractivity contribution in [3.05, 3.63) is 91.9 Å². The van der Waals surface area contributed by atoms with Crippen LogP contribution in [0.2, 0.25) is 0 Å². The number of rotatable bonds is 14. The molecule has 0 radical (unpaired) electrons. The van der Waals surface area contributed by atoms with Gasteiger partial charge in [0.1, 0.15) is 19.0 Å². The number of aliphatic hydroxyl groups excluding tert-OH is 1. The van der Waals surface area contributed by atoms with Gasteiger partial charge in [0, 0.05) is 20.4 Å². The smallest absolute Gasteiger partial charge is 0.337 e. The number of nitrogens with one attached hydrogen (secondary N) is 3. The maximum atomic E-state index is 14.2. The molecule has 1 aliphatic rings. The van der Waals surface area contributed by atoms with E-state index >= 15 is 0 Å². The molecule has 4 N–H and O–H groups in total. The third-order valence-electron chi connectivity index (χ3n) is 6.70. The van der Waals surface area contributed by atoms with Crippen LogP contribution in [0.4, 0.5) is 9.18 Å². The lowest BCUT2D eigenvalue weighted by atomic mass is 9.95. The first kappa shape index (κ1) is 34.3. The van der Waals surface area contributed by atoms with Crippen LogP contribution in [0.3, 0.4) is 0 Å². The number of allylic oxidation sites excluding steroid dienone is 1. The Bertz CT molecular complexity index is 1630. The molecule has 3 aromatic rings. The second-order valence-electron chi connectivity index (χ2n) is 9.82. The molecule has 4 rings (SSSR count). The summed E-state index contributed by atoms with van der Waals surface area (Å²) in [5.41, 5.74) is 4.72. The molecule has 1 aliphatic heterocycles. The number of benzene rings is 3. The van der Waals surface area contributed by atoms with Crippen molar-refractivity contribution in [2.24, 2.45) is 5.10 Å². The van der Waals surface area contributed by atoms with Crippen LogP contribution < -0.4 is 35.0 Å². The van der Waals surface area contributed by atoms with Gasteiger partial charge in [0.25, 0.3) is 0 Å². The highest BCUT2D eigenvalue weighted by Gasteiger charge is 2.32. The van der Waals surface area contributed by atoms with E-state index in [1.54, 1.807) is 62.4 Å². The number of aliphatic hydroxyl groups is 1. The summed E-state index contributed by atoms with van der Waals surface area (Å²) in [4.78, 5) is 24.6. The van der Waals surface area contributed by atoms with Crippen molar-refractivity contribution in [1.82, 2.24) is 16.1 Å². The molecule has 0 saturated carbocycles. The number of halogens is 2. The molecule has 3 aromatic carbocycles. The van der Waals surface area contributed by atoms with E-state index in [-0.39, 0.29) is 24.6 Å². The van der Waals surface area contributed by atoms with Crippen LogP contribution in [0.25, 0.3) is 0 Å². The third kappa shape index (κ3) is 8.57. The number of hydrazone groups is 1. The number of methoxy groups -OCH3 is 2. The van der Waals surface area contributed by atoms with Crippen molar-refractivity contribution < 1.29 is 42.8 Å². The van der Waals surface area contributed by atoms with E-state index in [2.05, 4.69) is 43.8 Å². The van der Waals surface area contributed by atoms with Crippen molar-refractivity contribution in [3.8, 4) is 23.0 Å². The summed E-state index contributed by atoms with van der Waals surface area (Å²) in [5, 5.41) is 20.0. The summed E-state index contributed by atoms with van der Waals surface area (Å²) in [7, 11) is 2.77. The van der Waals surface area contributed by atoms with Gasteiger partial charge in [0.05, 0.1) is 38.7 Å². The molecule has 2 atom stereocenters. The standard InChI is InChI=1S/C32H34FIN4O8/c1-5-44-25-13-19(29-28(31(40)43-4)18(2)36-32(41)37-29)10-11-24(25)45-17-27(39)38-35-15-21-12-22(34)14-26(42-3)30(21)46-16-20-8-6-7-9-23(20)33/h6-15,27,29,38-39H,5,16-17H2,1-4H3,(H2,36,37,41)/b35-15+/t27-,29-/m1/s1. The summed E-state index contributed by atoms with van der Waals surface area (Å²) >= 11 is 2.13. The molecule has 0 spiro atoms. The summed E-state index contributed by atoms with van der Waals surface area (Å²) in [6.45, 7) is 3.48. The lowest BCUT2D eigenvalue weighted by molar-refractivity contribution is -0.136. The van der Waals surface area contributed by atoms with Gasteiger partial charge in [-0.25, -0.2) is 14.0 Å². The second-order valence-corrected chi connectivity index (χ2v) is 11.1. The molecule has 0 fully saturated rings. The molecule has 0 aromatic heterocycles. The summed E-state index contributed by atoms with van der Waals surface area (Å²) in [6.07, 6.45) is 0.227. The van der Waals surface area contributed by atoms with Crippen LogP contribution in [-0.4, -0.2) is 57.0 Å². The number of hydrogen-bond acceptors (Lipinski definition) is 10. The van der Waals surface area contributed by atoms with Gasteiger partial charge in [0.2, 0.25) is 0 Å². The Labute approximate surface area is 279 Å². The fraction of sp³-hybridized carbons (Fsp3) is 0.281. The zero-order valence-electron chi connectivity index (χ0n) is 25.6. The second kappa shape index (κ2) is 16.1. The number of carbonyl (C=O) groups excluding carboxylic acids is 2. The first-order valence-electron chi connectivity index (χ1n) is 14.1. The fourth-order valence-corrected chi connectivity index (χ4v) is 5.19. The molecule has 1 heterocycles. The Kier molecular flexibility index (Phi) is 12.0. The highest BCUT2D eigenvalue weighted by Crippen LogP contribution is 2.35. The van der Waals surface area contributed by atoms with Crippen LogP contribution in [0.15, 0.2) is 71.0 Å². The van der Waals surface area contributed by atoms with E-state index in [9.17, 15) is 19.1 Å². The zero-order chi connectivity index (χ0) is 33.2. The quantitative estimate of drug-likeness (QED) is 0.0614. The Morgan fingerprint density at radius 2 is 1.89 bits per heavy atom. The van der Waals surface area contributed by atoms with E-state index in [4.69, 9.17) is 23.7 Å². The van der Waals surface area contributed by atoms with Gasteiger partial charge in [-0.1, -0.05) is 24.3 Å². The highest BCUT2D eigenvalue weighted by molar-refractivity contribution is 14.1. The van der Waals surface area contributed by atoms with Gasteiger partial charge in [-0.2, -0.15) is 5.10 Å². The molecule has 0 saturated heterocycles. The number of amides is 2. The van der Waals surface area contributed by atoms with E-state index < -0.39 is 24.3 Å². The molecule has 12 nitrogen and oxygen atoms in total. The van der Waals surface area contributed by atoms with E-state index in [1.807, 2.05) is 0 Å². The van der Waals surface area contributed by atoms with E-state index in [1.165, 1.54) is 26.5 Å². The zero-order valence-corrected chi connectivity index (χ0v) is 27.7. The van der Waals surface area contributed by atoms with Gasteiger partial charge < -0.3 is 39.4 Å². The maximum absolute atomic E-state index is 14.2. The Balaban J connectivity index is 1.45. The van der Waals surface area contributed by atoms with E-state index in [0.717, 1.165) is 3.57 Å².